The maximum Gasteiger partial charge on any atom is 0.227 e. The lowest BCUT2D eigenvalue weighted by molar-refractivity contribution is -0.132. The molecule has 0 aromatic heterocycles. The summed E-state index contributed by atoms with van der Waals surface area (Å²) in [6.07, 6.45) is 0.513. The second-order valence-electron chi connectivity index (χ2n) is 5.80. The Labute approximate surface area is 144 Å². The third kappa shape index (κ3) is 5.08. The largest absolute Gasteiger partial charge is 1.00 e. The number of piperazine rings is 1. The van der Waals surface area contributed by atoms with Crippen LogP contribution in [0.4, 0.5) is 0 Å². The zero-order valence-electron chi connectivity index (χ0n) is 13.2. The Morgan fingerprint density at radius 2 is 1.30 bits per heavy atom. The van der Waals surface area contributed by atoms with E-state index in [0.717, 1.165) is 38.3 Å². The molecule has 2 aromatic carbocycles. The highest BCUT2D eigenvalue weighted by atomic mass is 35.5. The van der Waals surface area contributed by atoms with Crippen molar-refractivity contribution in [2.45, 2.75) is 13.0 Å². The molecule has 3 rings (SSSR count). The molecule has 4 heteroatoms. The standard InChI is InChI=1S/C19H22N2O.ClH/c22-19(15-17-7-3-1-4-8-17)21-13-11-20(12-14-21)16-18-9-5-2-6-10-18;/h1-10H,11-16H2;1H/p-1. The second kappa shape index (κ2) is 8.70. The van der Waals surface area contributed by atoms with Gasteiger partial charge in [0.1, 0.15) is 0 Å². The number of carbonyl (C=O) groups is 1. The van der Waals surface area contributed by atoms with Crippen LogP contribution in [0.5, 0.6) is 0 Å². The number of hydrogen-bond acceptors (Lipinski definition) is 2. The summed E-state index contributed by atoms with van der Waals surface area (Å²) in [5, 5.41) is 0. The molecule has 3 nitrogen and oxygen atoms in total. The van der Waals surface area contributed by atoms with E-state index in [1.807, 2.05) is 41.3 Å². The first-order valence-electron chi connectivity index (χ1n) is 7.89. The maximum atomic E-state index is 12.3. The van der Waals surface area contributed by atoms with Crippen LogP contribution in [-0.4, -0.2) is 41.9 Å². The van der Waals surface area contributed by atoms with Crippen LogP contribution >= 0.6 is 0 Å². The van der Waals surface area contributed by atoms with E-state index < -0.39 is 0 Å². The van der Waals surface area contributed by atoms with Gasteiger partial charge < -0.3 is 17.3 Å². The minimum Gasteiger partial charge on any atom is -1.00 e. The Morgan fingerprint density at radius 1 is 0.783 bits per heavy atom. The van der Waals surface area contributed by atoms with E-state index in [2.05, 4.69) is 29.2 Å². The topological polar surface area (TPSA) is 23.6 Å². The SMILES string of the molecule is O=C(Cc1ccccc1)N1CCN(Cc2ccccc2)CC1.[Cl-]. The Morgan fingerprint density at radius 3 is 1.87 bits per heavy atom. The summed E-state index contributed by atoms with van der Waals surface area (Å²) in [5.41, 5.74) is 2.44. The van der Waals surface area contributed by atoms with Crippen LogP contribution in [-0.2, 0) is 17.8 Å². The van der Waals surface area contributed by atoms with Crippen molar-refractivity contribution in [1.29, 1.82) is 0 Å². The van der Waals surface area contributed by atoms with Crippen LogP contribution in [0.25, 0.3) is 0 Å². The van der Waals surface area contributed by atoms with Crippen LogP contribution in [0.3, 0.4) is 0 Å². The summed E-state index contributed by atoms with van der Waals surface area (Å²) in [4.78, 5) is 16.8. The van der Waals surface area contributed by atoms with Gasteiger partial charge >= 0.3 is 0 Å². The Hall–Kier alpha value is -1.84. The first-order valence-corrected chi connectivity index (χ1v) is 7.89. The van der Waals surface area contributed by atoms with Crippen molar-refractivity contribution in [1.82, 2.24) is 9.80 Å². The summed E-state index contributed by atoms with van der Waals surface area (Å²) in [6, 6.07) is 20.5. The monoisotopic (exact) mass is 329 g/mol. The first kappa shape index (κ1) is 17.5. The third-order valence-electron chi connectivity index (χ3n) is 4.17. The lowest BCUT2D eigenvalue weighted by atomic mass is 10.1. The first-order chi connectivity index (χ1) is 10.8. The van der Waals surface area contributed by atoms with Crippen molar-refractivity contribution in [3.05, 3.63) is 71.8 Å². The smallest absolute Gasteiger partial charge is 0.227 e. The summed E-state index contributed by atoms with van der Waals surface area (Å²) in [5.74, 6) is 0.241. The Balaban J connectivity index is 0.00000192. The van der Waals surface area contributed by atoms with Gasteiger partial charge in [0.25, 0.3) is 0 Å². The number of rotatable bonds is 4. The fraction of sp³-hybridized carbons (Fsp3) is 0.316. The predicted molar refractivity (Wildman–Crippen MR) is 88.4 cm³/mol. The zero-order valence-corrected chi connectivity index (χ0v) is 14.0. The van der Waals surface area contributed by atoms with E-state index in [1.54, 1.807) is 0 Å². The Kier molecular flexibility index (Phi) is 6.63. The molecule has 0 saturated carbocycles. The maximum absolute atomic E-state index is 12.3. The van der Waals surface area contributed by atoms with Gasteiger partial charge in [-0.25, -0.2) is 0 Å². The van der Waals surface area contributed by atoms with Gasteiger partial charge in [0.05, 0.1) is 6.42 Å². The van der Waals surface area contributed by atoms with Crippen molar-refractivity contribution in [3.8, 4) is 0 Å². The normalized spacial score (nSPS) is 15.0. The van der Waals surface area contributed by atoms with E-state index in [4.69, 9.17) is 0 Å². The highest BCUT2D eigenvalue weighted by Gasteiger charge is 2.20. The molecule has 1 saturated heterocycles. The molecule has 0 N–H and O–H groups in total. The predicted octanol–water partition coefficient (Wildman–Crippen LogP) is -0.422. The minimum atomic E-state index is 0. The van der Waals surface area contributed by atoms with Crippen LogP contribution in [0.1, 0.15) is 11.1 Å². The molecule has 1 aliphatic heterocycles. The van der Waals surface area contributed by atoms with Gasteiger partial charge in [-0.2, -0.15) is 0 Å². The summed E-state index contributed by atoms with van der Waals surface area (Å²) in [7, 11) is 0. The average Bonchev–Trinajstić information content (AvgIpc) is 2.57. The molecule has 0 atom stereocenters. The van der Waals surface area contributed by atoms with Gasteiger partial charge in [-0.1, -0.05) is 60.7 Å². The van der Waals surface area contributed by atoms with E-state index in [-0.39, 0.29) is 18.3 Å². The van der Waals surface area contributed by atoms with Gasteiger partial charge in [0.15, 0.2) is 0 Å². The molecule has 0 radical (unpaired) electrons. The highest BCUT2D eigenvalue weighted by molar-refractivity contribution is 5.78. The molecule has 122 valence electrons. The Bertz CT molecular complexity index is 595. The van der Waals surface area contributed by atoms with E-state index in [0.29, 0.717) is 6.42 Å². The molecule has 1 amide bonds. The summed E-state index contributed by atoms with van der Waals surface area (Å²) < 4.78 is 0. The highest BCUT2D eigenvalue weighted by Crippen LogP contribution is 2.10. The van der Waals surface area contributed by atoms with Gasteiger partial charge in [0, 0.05) is 32.7 Å². The molecular formula is C19H22ClN2O-. The number of hydrogen-bond donors (Lipinski definition) is 0. The lowest BCUT2D eigenvalue weighted by Crippen LogP contribution is -3.00. The van der Waals surface area contributed by atoms with Gasteiger partial charge in [-0.3, -0.25) is 9.69 Å². The van der Waals surface area contributed by atoms with E-state index >= 15 is 0 Å². The number of halogens is 1. The second-order valence-corrected chi connectivity index (χ2v) is 5.80. The summed E-state index contributed by atoms with van der Waals surface area (Å²) in [6.45, 7) is 4.55. The van der Waals surface area contributed by atoms with Crippen LogP contribution in [0.2, 0.25) is 0 Å². The number of carbonyl (C=O) groups excluding carboxylic acids is 1. The molecule has 1 aliphatic rings. The minimum absolute atomic E-state index is 0. The number of benzene rings is 2. The molecule has 0 unspecified atom stereocenters. The zero-order chi connectivity index (χ0) is 15.2. The molecule has 0 bridgehead atoms. The fourth-order valence-corrected chi connectivity index (χ4v) is 2.88. The van der Waals surface area contributed by atoms with Gasteiger partial charge in [0.2, 0.25) is 5.91 Å². The quantitative estimate of drug-likeness (QED) is 0.760. The third-order valence-corrected chi connectivity index (χ3v) is 4.17. The van der Waals surface area contributed by atoms with Crippen LogP contribution in [0, 0.1) is 0 Å². The van der Waals surface area contributed by atoms with E-state index in [9.17, 15) is 4.79 Å². The molecule has 0 spiro atoms. The molecular weight excluding hydrogens is 308 g/mol. The molecule has 2 aromatic rings. The fourth-order valence-electron chi connectivity index (χ4n) is 2.88. The van der Waals surface area contributed by atoms with Crippen LogP contribution < -0.4 is 12.4 Å². The van der Waals surface area contributed by atoms with Crippen molar-refractivity contribution >= 4 is 5.91 Å². The molecule has 0 aliphatic carbocycles. The van der Waals surface area contributed by atoms with Crippen molar-refractivity contribution < 1.29 is 17.2 Å². The van der Waals surface area contributed by atoms with Crippen LogP contribution in [0.15, 0.2) is 60.7 Å². The lowest BCUT2D eigenvalue weighted by Gasteiger charge is -2.34. The molecule has 1 fully saturated rings. The number of amides is 1. The van der Waals surface area contributed by atoms with Crippen molar-refractivity contribution in [2.24, 2.45) is 0 Å². The molecule has 1 heterocycles. The average molecular weight is 330 g/mol. The number of nitrogens with zero attached hydrogens (tertiary/aromatic N) is 2. The van der Waals surface area contributed by atoms with Gasteiger partial charge in [-0.15, -0.1) is 0 Å². The summed E-state index contributed by atoms with van der Waals surface area (Å²) >= 11 is 0. The van der Waals surface area contributed by atoms with Crippen molar-refractivity contribution in [3.63, 3.8) is 0 Å². The van der Waals surface area contributed by atoms with Crippen molar-refractivity contribution in [2.75, 3.05) is 26.2 Å². The van der Waals surface area contributed by atoms with E-state index in [1.165, 1.54) is 5.56 Å². The molecule has 23 heavy (non-hydrogen) atoms. The van der Waals surface area contributed by atoms with Gasteiger partial charge in [-0.05, 0) is 11.1 Å².